The number of carbonyl (C=O) groups excluding carboxylic acids is 1. The van der Waals surface area contributed by atoms with Crippen LogP contribution in [0.1, 0.15) is 52.4 Å². The van der Waals surface area contributed by atoms with Crippen LogP contribution in [-0.4, -0.2) is 47.7 Å². The van der Waals surface area contributed by atoms with Crippen molar-refractivity contribution < 1.29 is 9.90 Å². The van der Waals surface area contributed by atoms with Crippen molar-refractivity contribution in [3.63, 3.8) is 0 Å². The Labute approximate surface area is 111 Å². The van der Waals surface area contributed by atoms with Gasteiger partial charge < -0.3 is 10.4 Å². The van der Waals surface area contributed by atoms with Gasteiger partial charge in [0.25, 0.3) is 0 Å². The SMILES string of the molecule is CC(C)N(CCCO)CC(=O)NC1CCCCC1. The first-order valence-corrected chi connectivity index (χ1v) is 7.27. The van der Waals surface area contributed by atoms with Crippen molar-refractivity contribution in [1.82, 2.24) is 10.2 Å². The van der Waals surface area contributed by atoms with Gasteiger partial charge in [0.2, 0.25) is 5.91 Å². The van der Waals surface area contributed by atoms with Crippen LogP contribution < -0.4 is 5.32 Å². The smallest absolute Gasteiger partial charge is 0.234 e. The molecule has 1 aliphatic carbocycles. The fourth-order valence-corrected chi connectivity index (χ4v) is 2.50. The Bertz CT molecular complexity index is 238. The van der Waals surface area contributed by atoms with Crippen LogP contribution in [0.5, 0.6) is 0 Å². The lowest BCUT2D eigenvalue weighted by Gasteiger charge is -2.28. The van der Waals surface area contributed by atoms with E-state index in [1.807, 2.05) is 0 Å². The van der Waals surface area contributed by atoms with E-state index >= 15 is 0 Å². The largest absolute Gasteiger partial charge is 0.396 e. The molecule has 0 aromatic carbocycles. The Hall–Kier alpha value is -0.610. The summed E-state index contributed by atoms with van der Waals surface area (Å²) in [7, 11) is 0. The maximum atomic E-state index is 12.0. The van der Waals surface area contributed by atoms with Crippen molar-refractivity contribution in [1.29, 1.82) is 0 Å². The summed E-state index contributed by atoms with van der Waals surface area (Å²) < 4.78 is 0. The monoisotopic (exact) mass is 256 g/mol. The number of aliphatic hydroxyl groups excluding tert-OH is 1. The average molecular weight is 256 g/mol. The summed E-state index contributed by atoms with van der Waals surface area (Å²) in [5.74, 6) is 0.133. The summed E-state index contributed by atoms with van der Waals surface area (Å²) in [5.41, 5.74) is 0. The predicted octanol–water partition coefficient (Wildman–Crippen LogP) is 1.53. The van der Waals surface area contributed by atoms with Crippen LogP contribution in [0.3, 0.4) is 0 Å². The van der Waals surface area contributed by atoms with Crippen LogP contribution >= 0.6 is 0 Å². The zero-order chi connectivity index (χ0) is 13.4. The number of hydrogen-bond acceptors (Lipinski definition) is 3. The van der Waals surface area contributed by atoms with Crippen LogP contribution in [0, 0.1) is 0 Å². The fraction of sp³-hybridized carbons (Fsp3) is 0.929. The predicted molar refractivity (Wildman–Crippen MR) is 73.4 cm³/mol. The molecule has 0 saturated heterocycles. The molecular formula is C14H28N2O2. The van der Waals surface area contributed by atoms with Crippen molar-refractivity contribution in [3.8, 4) is 0 Å². The molecule has 0 aromatic heterocycles. The van der Waals surface area contributed by atoms with E-state index in [2.05, 4.69) is 24.1 Å². The molecule has 4 heteroatoms. The van der Waals surface area contributed by atoms with Crippen LogP contribution in [-0.2, 0) is 4.79 Å². The number of nitrogens with zero attached hydrogens (tertiary/aromatic N) is 1. The van der Waals surface area contributed by atoms with Gasteiger partial charge in [-0.15, -0.1) is 0 Å². The van der Waals surface area contributed by atoms with Crippen LogP contribution in [0.25, 0.3) is 0 Å². The van der Waals surface area contributed by atoms with Crippen LogP contribution in [0.2, 0.25) is 0 Å². The van der Waals surface area contributed by atoms with Gasteiger partial charge in [-0.1, -0.05) is 19.3 Å². The lowest BCUT2D eigenvalue weighted by molar-refractivity contribution is -0.123. The molecule has 1 aliphatic rings. The third-order valence-electron chi connectivity index (χ3n) is 3.65. The molecule has 2 N–H and O–H groups in total. The third-order valence-corrected chi connectivity index (χ3v) is 3.65. The average Bonchev–Trinajstić information content (AvgIpc) is 2.35. The number of carbonyl (C=O) groups is 1. The summed E-state index contributed by atoms with van der Waals surface area (Å²) in [6.07, 6.45) is 6.77. The van der Waals surface area contributed by atoms with E-state index < -0.39 is 0 Å². The van der Waals surface area contributed by atoms with E-state index in [0.717, 1.165) is 25.8 Å². The molecular weight excluding hydrogens is 228 g/mol. The molecule has 1 saturated carbocycles. The highest BCUT2D eigenvalue weighted by Crippen LogP contribution is 2.17. The van der Waals surface area contributed by atoms with Crippen LogP contribution in [0.15, 0.2) is 0 Å². The highest BCUT2D eigenvalue weighted by Gasteiger charge is 2.18. The summed E-state index contributed by atoms with van der Waals surface area (Å²) in [6.45, 7) is 5.60. The highest BCUT2D eigenvalue weighted by atomic mass is 16.3. The topological polar surface area (TPSA) is 52.6 Å². The maximum Gasteiger partial charge on any atom is 0.234 e. The molecule has 4 nitrogen and oxygen atoms in total. The van der Waals surface area contributed by atoms with Gasteiger partial charge in [0.05, 0.1) is 6.54 Å². The van der Waals surface area contributed by atoms with Crippen molar-refractivity contribution in [2.45, 2.75) is 64.5 Å². The summed E-state index contributed by atoms with van der Waals surface area (Å²) in [4.78, 5) is 14.1. The normalized spacial score (nSPS) is 17.4. The second kappa shape index (κ2) is 8.48. The first-order chi connectivity index (χ1) is 8.63. The van der Waals surface area contributed by atoms with E-state index in [4.69, 9.17) is 5.11 Å². The second-order valence-corrected chi connectivity index (χ2v) is 5.54. The second-order valence-electron chi connectivity index (χ2n) is 5.54. The highest BCUT2D eigenvalue weighted by molar-refractivity contribution is 5.78. The molecule has 106 valence electrons. The maximum absolute atomic E-state index is 12.0. The minimum atomic E-state index is 0.133. The zero-order valence-corrected chi connectivity index (χ0v) is 11.8. The first-order valence-electron chi connectivity index (χ1n) is 7.27. The number of aliphatic hydroxyl groups is 1. The van der Waals surface area contributed by atoms with Gasteiger partial charge in [0.1, 0.15) is 0 Å². The van der Waals surface area contributed by atoms with Crippen molar-refractivity contribution >= 4 is 5.91 Å². The molecule has 1 amide bonds. The van der Waals surface area contributed by atoms with E-state index in [1.54, 1.807) is 0 Å². The Balaban J connectivity index is 2.30. The molecule has 0 aromatic rings. The molecule has 0 unspecified atom stereocenters. The minimum absolute atomic E-state index is 0.133. The fourth-order valence-electron chi connectivity index (χ4n) is 2.50. The Kier molecular flexibility index (Phi) is 7.28. The number of hydrogen-bond donors (Lipinski definition) is 2. The zero-order valence-electron chi connectivity index (χ0n) is 11.8. The van der Waals surface area contributed by atoms with Gasteiger partial charge in [0, 0.05) is 25.2 Å². The molecule has 0 bridgehead atoms. The van der Waals surface area contributed by atoms with Gasteiger partial charge in [-0.25, -0.2) is 0 Å². The lowest BCUT2D eigenvalue weighted by atomic mass is 9.95. The quantitative estimate of drug-likeness (QED) is 0.726. The molecule has 18 heavy (non-hydrogen) atoms. The Morgan fingerprint density at radius 1 is 1.33 bits per heavy atom. The Morgan fingerprint density at radius 2 is 2.00 bits per heavy atom. The van der Waals surface area contributed by atoms with Crippen molar-refractivity contribution in [2.24, 2.45) is 0 Å². The van der Waals surface area contributed by atoms with Gasteiger partial charge in [-0.2, -0.15) is 0 Å². The van der Waals surface area contributed by atoms with Crippen LogP contribution in [0.4, 0.5) is 0 Å². The molecule has 0 radical (unpaired) electrons. The van der Waals surface area contributed by atoms with E-state index in [0.29, 0.717) is 18.6 Å². The van der Waals surface area contributed by atoms with Gasteiger partial charge in [-0.05, 0) is 33.1 Å². The third kappa shape index (κ3) is 5.83. The molecule has 0 atom stereocenters. The number of amides is 1. The standard InChI is InChI=1S/C14H28N2O2/c1-12(2)16(9-6-10-17)11-14(18)15-13-7-4-3-5-8-13/h12-13,17H,3-11H2,1-2H3,(H,15,18). The molecule has 0 aliphatic heterocycles. The summed E-state index contributed by atoms with van der Waals surface area (Å²) in [6, 6.07) is 0.728. The molecule has 0 heterocycles. The lowest BCUT2D eigenvalue weighted by Crippen LogP contribution is -2.45. The minimum Gasteiger partial charge on any atom is -0.396 e. The van der Waals surface area contributed by atoms with Gasteiger partial charge in [0.15, 0.2) is 0 Å². The summed E-state index contributed by atoms with van der Waals surface area (Å²) >= 11 is 0. The molecule has 1 rings (SSSR count). The van der Waals surface area contributed by atoms with Gasteiger partial charge in [-0.3, -0.25) is 9.69 Å². The van der Waals surface area contributed by atoms with Gasteiger partial charge >= 0.3 is 0 Å². The number of nitrogens with one attached hydrogen (secondary N) is 1. The Morgan fingerprint density at radius 3 is 2.56 bits per heavy atom. The van der Waals surface area contributed by atoms with E-state index in [9.17, 15) is 4.79 Å². The number of rotatable bonds is 7. The van der Waals surface area contributed by atoms with Crippen molar-refractivity contribution in [2.75, 3.05) is 19.7 Å². The van der Waals surface area contributed by atoms with Crippen molar-refractivity contribution in [3.05, 3.63) is 0 Å². The summed E-state index contributed by atoms with van der Waals surface area (Å²) in [5, 5.41) is 12.0. The molecule has 0 spiro atoms. The van der Waals surface area contributed by atoms with E-state index in [1.165, 1.54) is 19.3 Å². The molecule has 1 fully saturated rings. The van der Waals surface area contributed by atoms with E-state index in [-0.39, 0.29) is 12.5 Å². The first kappa shape index (κ1) is 15.4.